The lowest BCUT2D eigenvalue weighted by Gasteiger charge is -2.22. The van der Waals surface area contributed by atoms with Crippen LogP contribution in [-0.2, 0) is 0 Å². The molecule has 88 valence electrons. The minimum Gasteiger partial charge on any atom is -0.385 e. The molecule has 3 nitrogen and oxygen atoms in total. The molecule has 0 unspecified atom stereocenters. The van der Waals surface area contributed by atoms with Crippen LogP contribution < -0.4 is 5.32 Å². The Morgan fingerprint density at radius 1 is 1.44 bits per heavy atom. The van der Waals surface area contributed by atoms with E-state index in [-0.39, 0.29) is 17.6 Å². The van der Waals surface area contributed by atoms with Crippen LogP contribution in [0.1, 0.15) is 24.2 Å². The second-order valence-corrected chi connectivity index (χ2v) is 3.92. The molecule has 4 heteroatoms. The molecule has 0 radical (unpaired) electrons. The van der Waals surface area contributed by atoms with E-state index in [4.69, 9.17) is 0 Å². The quantitative estimate of drug-likeness (QED) is 0.854. The molecule has 1 aromatic rings. The lowest BCUT2D eigenvalue weighted by atomic mass is 10.1. The van der Waals surface area contributed by atoms with Crippen molar-refractivity contribution in [3.8, 4) is 0 Å². The first-order valence-corrected chi connectivity index (χ1v) is 5.22. The van der Waals surface area contributed by atoms with E-state index in [1.54, 1.807) is 25.1 Å². The summed E-state index contributed by atoms with van der Waals surface area (Å²) in [6.07, 6.45) is 0. The standard InChI is InChI=1S/C12H17FN2O/c1-8(2)15(4)12(16)9-6-5-7-10(13)11(9)14-3/h5-8,14H,1-4H3. The highest BCUT2D eigenvalue weighted by Gasteiger charge is 2.19. The molecule has 0 saturated carbocycles. The van der Waals surface area contributed by atoms with Crippen molar-refractivity contribution in [2.75, 3.05) is 19.4 Å². The van der Waals surface area contributed by atoms with Gasteiger partial charge in [-0.2, -0.15) is 0 Å². The first-order valence-electron chi connectivity index (χ1n) is 5.22. The number of para-hydroxylation sites is 1. The van der Waals surface area contributed by atoms with Crippen molar-refractivity contribution in [2.45, 2.75) is 19.9 Å². The molecular weight excluding hydrogens is 207 g/mol. The smallest absolute Gasteiger partial charge is 0.256 e. The van der Waals surface area contributed by atoms with Crippen molar-refractivity contribution in [1.82, 2.24) is 4.90 Å². The summed E-state index contributed by atoms with van der Waals surface area (Å²) in [6.45, 7) is 3.83. The lowest BCUT2D eigenvalue weighted by molar-refractivity contribution is 0.0755. The highest BCUT2D eigenvalue weighted by molar-refractivity contribution is 5.99. The number of carbonyl (C=O) groups excluding carboxylic acids is 1. The Hall–Kier alpha value is -1.58. The summed E-state index contributed by atoms with van der Waals surface area (Å²) in [7, 11) is 3.31. The third-order valence-electron chi connectivity index (χ3n) is 2.59. The highest BCUT2D eigenvalue weighted by Crippen LogP contribution is 2.21. The van der Waals surface area contributed by atoms with E-state index < -0.39 is 5.82 Å². The minimum absolute atomic E-state index is 0.0838. The summed E-state index contributed by atoms with van der Waals surface area (Å²) in [5, 5.41) is 2.72. The molecule has 1 N–H and O–H groups in total. The molecule has 16 heavy (non-hydrogen) atoms. The fourth-order valence-electron chi connectivity index (χ4n) is 1.38. The van der Waals surface area contributed by atoms with Gasteiger partial charge in [0.25, 0.3) is 5.91 Å². The van der Waals surface area contributed by atoms with Gasteiger partial charge in [-0.3, -0.25) is 4.79 Å². The zero-order valence-electron chi connectivity index (χ0n) is 10.0. The maximum atomic E-state index is 13.4. The largest absolute Gasteiger partial charge is 0.385 e. The molecule has 0 fully saturated rings. The Morgan fingerprint density at radius 3 is 2.56 bits per heavy atom. The zero-order valence-corrected chi connectivity index (χ0v) is 10.0. The molecule has 0 bridgehead atoms. The van der Waals surface area contributed by atoms with E-state index in [0.29, 0.717) is 5.56 Å². The summed E-state index contributed by atoms with van der Waals surface area (Å²) in [5.41, 5.74) is 0.610. The number of benzene rings is 1. The number of amides is 1. The van der Waals surface area contributed by atoms with Gasteiger partial charge in [0.1, 0.15) is 5.82 Å². The van der Waals surface area contributed by atoms with Gasteiger partial charge >= 0.3 is 0 Å². The maximum Gasteiger partial charge on any atom is 0.256 e. The Balaban J connectivity index is 3.13. The third-order valence-corrected chi connectivity index (χ3v) is 2.59. The van der Waals surface area contributed by atoms with Gasteiger partial charge in [0.2, 0.25) is 0 Å². The molecule has 0 aliphatic heterocycles. The van der Waals surface area contributed by atoms with Crippen LogP contribution in [0.15, 0.2) is 18.2 Å². The summed E-state index contributed by atoms with van der Waals surface area (Å²) in [4.78, 5) is 13.6. The lowest BCUT2D eigenvalue weighted by Crippen LogP contribution is -2.33. The van der Waals surface area contributed by atoms with Crippen molar-refractivity contribution in [3.63, 3.8) is 0 Å². The fraction of sp³-hybridized carbons (Fsp3) is 0.417. The Bertz CT molecular complexity index is 391. The molecule has 1 aromatic carbocycles. The Kier molecular flexibility index (Phi) is 3.88. The van der Waals surface area contributed by atoms with Crippen LogP contribution in [0.25, 0.3) is 0 Å². The number of anilines is 1. The maximum absolute atomic E-state index is 13.4. The van der Waals surface area contributed by atoms with Crippen LogP contribution in [0.5, 0.6) is 0 Å². The normalized spacial score (nSPS) is 10.4. The van der Waals surface area contributed by atoms with Crippen LogP contribution in [0, 0.1) is 5.82 Å². The number of carbonyl (C=O) groups is 1. The third kappa shape index (κ3) is 2.32. The van der Waals surface area contributed by atoms with Crippen LogP contribution >= 0.6 is 0 Å². The van der Waals surface area contributed by atoms with Gasteiger partial charge in [-0.25, -0.2) is 4.39 Å². The van der Waals surface area contributed by atoms with E-state index in [1.165, 1.54) is 12.1 Å². The van der Waals surface area contributed by atoms with E-state index in [9.17, 15) is 9.18 Å². The second kappa shape index (κ2) is 4.96. The van der Waals surface area contributed by atoms with E-state index in [2.05, 4.69) is 5.32 Å². The van der Waals surface area contributed by atoms with Gasteiger partial charge in [0.15, 0.2) is 0 Å². The first kappa shape index (κ1) is 12.5. The molecule has 1 amide bonds. The van der Waals surface area contributed by atoms with Crippen molar-refractivity contribution >= 4 is 11.6 Å². The summed E-state index contributed by atoms with van der Waals surface area (Å²) >= 11 is 0. The van der Waals surface area contributed by atoms with Crippen LogP contribution in [0.3, 0.4) is 0 Å². The molecule has 0 atom stereocenters. The molecular formula is C12H17FN2O. The Morgan fingerprint density at radius 2 is 2.06 bits per heavy atom. The number of hydrogen-bond acceptors (Lipinski definition) is 2. The number of halogens is 1. The Labute approximate surface area is 95.3 Å². The van der Waals surface area contributed by atoms with Crippen molar-refractivity contribution < 1.29 is 9.18 Å². The van der Waals surface area contributed by atoms with Crippen molar-refractivity contribution in [1.29, 1.82) is 0 Å². The van der Waals surface area contributed by atoms with E-state index >= 15 is 0 Å². The molecule has 1 rings (SSSR count). The number of nitrogens with zero attached hydrogens (tertiary/aromatic N) is 1. The predicted octanol–water partition coefficient (Wildman–Crippen LogP) is 2.35. The van der Waals surface area contributed by atoms with Gasteiger partial charge in [0, 0.05) is 20.1 Å². The summed E-state index contributed by atoms with van der Waals surface area (Å²) < 4.78 is 13.4. The van der Waals surface area contributed by atoms with Crippen LogP contribution in [-0.4, -0.2) is 30.9 Å². The van der Waals surface area contributed by atoms with Crippen LogP contribution in [0.4, 0.5) is 10.1 Å². The van der Waals surface area contributed by atoms with Gasteiger partial charge in [-0.15, -0.1) is 0 Å². The molecule has 0 aliphatic rings. The monoisotopic (exact) mass is 224 g/mol. The van der Waals surface area contributed by atoms with Gasteiger partial charge in [0.05, 0.1) is 11.3 Å². The average molecular weight is 224 g/mol. The molecule has 0 heterocycles. The van der Waals surface area contributed by atoms with Crippen molar-refractivity contribution in [3.05, 3.63) is 29.6 Å². The fourth-order valence-corrected chi connectivity index (χ4v) is 1.38. The zero-order chi connectivity index (χ0) is 12.3. The van der Waals surface area contributed by atoms with Gasteiger partial charge in [-0.05, 0) is 26.0 Å². The molecule has 0 aromatic heterocycles. The first-order chi connectivity index (χ1) is 7.49. The van der Waals surface area contributed by atoms with Gasteiger partial charge in [-0.1, -0.05) is 6.07 Å². The number of nitrogens with one attached hydrogen (secondary N) is 1. The summed E-state index contributed by atoms with van der Waals surface area (Å²) in [6, 6.07) is 4.58. The molecule has 0 aliphatic carbocycles. The van der Waals surface area contributed by atoms with E-state index in [1.807, 2.05) is 13.8 Å². The van der Waals surface area contributed by atoms with E-state index in [0.717, 1.165) is 0 Å². The molecule has 0 spiro atoms. The topological polar surface area (TPSA) is 32.3 Å². The second-order valence-electron chi connectivity index (χ2n) is 3.92. The highest BCUT2D eigenvalue weighted by atomic mass is 19.1. The number of hydrogen-bond donors (Lipinski definition) is 1. The summed E-state index contributed by atoms with van der Waals surface area (Å²) in [5.74, 6) is -0.593. The minimum atomic E-state index is -0.412. The van der Waals surface area contributed by atoms with Crippen molar-refractivity contribution in [2.24, 2.45) is 0 Å². The average Bonchev–Trinajstić information content (AvgIpc) is 2.26. The number of rotatable bonds is 3. The SMILES string of the molecule is CNc1c(F)cccc1C(=O)N(C)C(C)C. The van der Waals surface area contributed by atoms with Crippen LogP contribution in [0.2, 0.25) is 0 Å². The molecule has 0 saturated heterocycles. The predicted molar refractivity (Wildman–Crippen MR) is 63.2 cm³/mol. The van der Waals surface area contributed by atoms with Gasteiger partial charge < -0.3 is 10.2 Å².